The van der Waals surface area contributed by atoms with E-state index in [0.717, 1.165) is 37.3 Å². The topological polar surface area (TPSA) is 29.1 Å². The lowest BCUT2D eigenvalue weighted by molar-refractivity contribution is 0.103. The fraction of sp³-hybridized carbons (Fsp3) is 0. The number of thiophene rings is 1. The standard InChI is InChI=1S/C23H14ClNOS/c24-21-20-18-8-4-3-6-15(18)10-12-19(20)27-22(21)23(26)25-17-11-9-14-5-1-2-7-16(14)13-17/h1-13H,(H,25,26). The van der Waals surface area contributed by atoms with Gasteiger partial charge in [-0.2, -0.15) is 0 Å². The molecule has 1 heterocycles. The normalized spacial score (nSPS) is 11.3. The number of benzene rings is 4. The Morgan fingerprint density at radius 3 is 2.37 bits per heavy atom. The Hall–Kier alpha value is -2.88. The zero-order valence-electron chi connectivity index (χ0n) is 14.2. The van der Waals surface area contributed by atoms with Gasteiger partial charge in [0.25, 0.3) is 5.91 Å². The van der Waals surface area contributed by atoms with Crippen molar-refractivity contribution in [2.75, 3.05) is 5.32 Å². The van der Waals surface area contributed by atoms with E-state index in [0.29, 0.717) is 9.90 Å². The lowest BCUT2D eigenvalue weighted by Crippen LogP contribution is -2.10. The molecule has 0 aliphatic heterocycles. The van der Waals surface area contributed by atoms with Gasteiger partial charge in [0.05, 0.1) is 5.02 Å². The molecule has 1 aromatic heterocycles. The Bertz CT molecular complexity index is 1340. The second kappa shape index (κ2) is 6.38. The predicted octanol–water partition coefficient (Wildman–Crippen LogP) is 7.11. The molecule has 130 valence electrons. The van der Waals surface area contributed by atoms with Crippen molar-refractivity contribution in [3.8, 4) is 0 Å². The largest absolute Gasteiger partial charge is 0.321 e. The van der Waals surface area contributed by atoms with Crippen LogP contribution in [0.15, 0.2) is 78.9 Å². The first-order valence-corrected chi connectivity index (χ1v) is 9.80. The van der Waals surface area contributed by atoms with Gasteiger partial charge in [-0.1, -0.05) is 72.3 Å². The number of anilines is 1. The molecular formula is C23H14ClNOS. The summed E-state index contributed by atoms with van der Waals surface area (Å²) in [5.41, 5.74) is 0.761. The summed E-state index contributed by atoms with van der Waals surface area (Å²) in [5.74, 6) is -0.180. The first kappa shape index (κ1) is 16.3. The van der Waals surface area contributed by atoms with Crippen LogP contribution in [-0.4, -0.2) is 5.91 Å². The van der Waals surface area contributed by atoms with Gasteiger partial charge in [-0.15, -0.1) is 11.3 Å². The number of carbonyl (C=O) groups is 1. The number of amides is 1. The Labute approximate surface area is 165 Å². The molecule has 0 radical (unpaired) electrons. The van der Waals surface area contributed by atoms with Crippen molar-refractivity contribution in [1.82, 2.24) is 0 Å². The SMILES string of the molecule is O=C(Nc1ccc2ccccc2c1)c1sc2ccc3ccccc3c2c1Cl. The summed E-state index contributed by atoms with van der Waals surface area (Å²) < 4.78 is 1.02. The Morgan fingerprint density at radius 1 is 0.815 bits per heavy atom. The molecule has 0 unspecified atom stereocenters. The zero-order chi connectivity index (χ0) is 18.4. The van der Waals surface area contributed by atoms with Crippen molar-refractivity contribution >= 4 is 66.2 Å². The van der Waals surface area contributed by atoms with E-state index in [-0.39, 0.29) is 5.91 Å². The summed E-state index contributed by atoms with van der Waals surface area (Å²) in [7, 11) is 0. The minimum Gasteiger partial charge on any atom is -0.321 e. The molecule has 0 atom stereocenters. The quantitative estimate of drug-likeness (QED) is 0.343. The van der Waals surface area contributed by atoms with Crippen LogP contribution in [0, 0.1) is 0 Å². The van der Waals surface area contributed by atoms with Crippen LogP contribution < -0.4 is 5.32 Å². The molecule has 4 heteroatoms. The number of rotatable bonds is 2. The molecule has 0 aliphatic rings. The lowest BCUT2D eigenvalue weighted by Gasteiger charge is -2.06. The molecule has 5 rings (SSSR count). The minimum atomic E-state index is -0.180. The van der Waals surface area contributed by atoms with Crippen LogP contribution in [0.25, 0.3) is 31.6 Å². The molecular weight excluding hydrogens is 374 g/mol. The van der Waals surface area contributed by atoms with Crippen LogP contribution in [0.2, 0.25) is 5.02 Å². The first-order chi connectivity index (χ1) is 13.2. The highest BCUT2D eigenvalue weighted by Gasteiger charge is 2.19. The number of hydrogen-bond acceptors (Lipinski definition) is 2. The van der Waals surface area contributed by atoms with E-state index in [1.165, 1.54) is 11.3 Å². The molecule has 0 saturated carbocycles. The highest BCUT2D eigenvalue weighted by Crippen LogP contribution is 2.40. The summed E-state index contributed by atoms with van der Waals surface area (Å²) in [6.45, 7) is 0. The molecule has 0 fully saturated rings. The van der Waals surface area contributed by atoms with Crippen molar-refractivity contribution in [2.45, 2.75) is 0 Å². The highest BCUT2D eigenvalue weighted by atomic mass is 35.5. The molecule has 0 aliphatic carbocycles. The van der Waals surface area contributed by atoms with Crippen LogP contribution in [-0.2, 0) is 0 Å². The molecule has 4 aromatic carbocycles. The number of carbonyl (C=O) groups excluding carboxylic acids is 1. The van der Waals surface area contributed by atoms with E-state index in [1.807, 2.05) is 60.7 Å². The molecule has 0 saturated heterocycles. The van der Waals surface area contributed by atoms with Crippen LogP contribution in [0.1, 0.15) is 9.67 Å². The summed E-state index contributed by atoms with van der Waals surface area (Å²) >= 11 is 8.07. The summed E-state index contributed by atoms with van der Waals surface area (Å²) in [4.78, 5) is 13.4. The van der Waals surface area contributed by atoms with Crippen LogP contribution >= 0.6 is 22.9 Å². The smallest absolute Gasteiger partial charge is 0.267 e. The van der Waals surface area contributed by atoms with E-state index in [4.69, 9.17) is 11.6 Å². The molecule has 1 amide bonds. The minimum absolute atomic E-state index is 0.180. The number of hydrogen-bond donors (Lipinski definition) is 1. The van der Waals surface area contributed by atoms with E-state index in [9.17, 15) is 4.79 Å². The van der Waals surface area contributed by atoms with E-state index in [2.05, 4.69) is 23.5 Å². The van der Waals surface area contributed by atoms with Gasteiger partial charge in [-0.3, -0.25) is 4.79 Å². The van der Waals surface area contributed by atoms with Crippen molar-refractivity contribution in [3.05, 3.63) is 88.8 Å². The number of halogens is 1. The van der Waals surface area contributed by atoms with Crippen molar-refractivity contribution < 1.29 is 4.79 Å². The van der Waals surface area contributed by atoms with Gasteiger partial charge >= 0.3 is 0 Å². The van der Waals surface area contributed by atoms with Gasteiger partial charge in [-0.05, 0) is 39.7 Å². The van der Waals surface area contributed by atoms with Gasteiger partial charge in [-0.25, -0.2) is 0 Å². The average Bonchev–Trinajstić information content (AvgIpc) is 3.05. The van der Waals surface area contributed by atoms with Crippen molar-refractivity contribution in [1.29, 1.82) is 0 Å². The third-order valence-electron chi connectivity index (χ3n) is 4.74. The van der Waals surface area contributed by atoms with Crippen molar-refractivity contribution in [3.63, 3.8) is 0 Å². The third kappa shape index (κ3) is 2.76. The average molecular weight is 388 g/mol. The Balaban J connectivity index is 1.57. The second-order valence-electron chi connectivity index (χ2n) is 6.42. The lowest BCUT2D eigenvalue weighted by atomic mass is 10.1. The van der Waals surface area contributed by atoms with Gasteiger partial charge in [0.15, 0.2) is 0 Å². The van der Waals surface area contributed by atoms with Crippen LogP contribution in [0.4, 0.5) is 5.69 Å². The molecule has 0 bridgehead atoms. The molecule has 5 aromatic rings. The Kier molecular flexibility index (Phi) is 3.85. The van der Waals surface area contributed by atoms with Crippen LogP contribution in [0.5, 0.6) is 0 Å². The third-order valence-corrected chi connectivity index (χ3v) is 6.38. The highest BCUT2D eigenvalue weighted by molar-refractivity contribution is 7.22. The van der Waals surface area contributed by atoms with E-state index in [1.54, 1.807) is 0 Å². The fourth-order valence-electron chi connectivity index (χ4n) is 3.43. The Morgan fingerprint density at radius 2 is 1.52 bits per heavy atom. The predicted molar refractivity (Wildman–Crippen MR) is 116 cm³/mol. The summed E-state index contributed by atoms with van der Waals surface area (Å²) in [6, 6.07) is 26.1. The molecule has 1 N–H and O–H groups in total. The molecule has 0 spiro atoms. The summed E-state index contributed by atoms with van der Waals surface area (Å²) in [5, 5.41) is 8.87. The second-order valence-corrected chi connectivity index (χ2v) is 7.85. The maximum absolute atomic E-state index is 12.9. The van der Waals surface area contributed by atoms with E-state index < -0.39 is 0 Å². The van der Waals surface area contributed by atoms with Gasteiger partial charge in [0, 0.05) is 15.8 Å². The van der Waals surface area contributed by atoms with E-state index >= 15 is 0 Å². The van der Waals surface area contributed by atoms with Gasteiger partial charge in [0.1, 0.15) is 4.88 Å². The van der Waals surface area contributed by atoms with Crippen molar-refractivity contribution in [2.24, 2.45) is 0 Å². The molecule has 2 nitrogen and oxygen atoms in total. The molecule has 27 heavy (non-hydrogen) atoms. The fourth-order valence-corrected chi connectivity index (χ4v) is 4.90. The number of nitrogens with one attached hydrogen (secondary N) is 1. The zero-order valence-corrected chi connectivity index (χ0v) is 15.8. The van der Waals surface area contributed by atoms with Gasteiger partial charge < -0.3 is 5.32 Å². The first-order valence-electron chi connectivity index (χ1n) is 8.60. The van der Waals surface area contributed by atoms with Gasteiger partial charge in [0.2, 0.25) is 0 Å². The maximum atomic E-state index is 12.9. The van der Waals surface area contributed by atoms with Crippen LogP contribution in [0.3, 0.4) is 0 Å². The maximum Gasteiger partial charge on any atom is 0.267 e. The number of fused-ring (bicyclic) bond motifs is 4. The summed E-state index contributed by atoms with van der Waals surface area (Å²) in [6.07, 6.45) is 0. The monoisotopic (exact) mass is 387 g/mol.